The molecule has 9 heteroatoms. The normalized spacial score (nSPS) is 17.8. The Balaban J connectivity index is 1.21. The van der Waals surface area contributed by atoms with Crippen molar-refractivity contribution in [3.63, 3.8) is 0 Å². The van der Waals surface area contributed by atoms with Gasteiger partial charge >= 0.3 is 6.16 Å². The fourth-order valence-corrected chi connectivity index (χ4v) is 5.03. The molecule has 1 saturated carbocycles. The fraction of sp³-hybridized carbons (Fsp3) is 0.480. The highest BCUT2D eigenvalue weighted by Crippen LogP contribution is 2.33. The molecule has 0 amide bonds. The first-order valence-electron chi connectivity index (χ1n) is 11.9. The summed E-state index contributed by atoms with van der Waals surface area (Å²) in [7, 11) is 1.69. The summed E-state index contributed by atoms with van der Waals surface area (Å²) in [5.74, 6) is 1.89. The Morgan fingerprint density at radius 3 is 2.59 bits per heavy atom. The van der Waals surface area contributed by atoms with Crippen molar-refractivity contribution in [2.75, 3.05) is 20.2 Å². The number of likely N-dealkylation sites (tertiary alicyclic amines) is 1. The third-order valence-electron chi connectivity index (χ3n) is 6.78. The Bertz CT molecular complexity index is 1150. The molecule has 2 heterocycles. The van der Waals surface area contributed by atoms with E-state index < -0.39 is 6.16 Å². The standard InChI is InChI=1S/C25H30N4O5/c1-32-23-9-6-17(14-24(23)33-19-4-2-3-5-19)16-28-12-10-18(11-13-28)29-22-8-7-20(34-25(30)31)15-21(22)26-27-29/h6-9,14-15,18-19H,2-5,10-13,16H2,1H3,(H,30,31). The van der Waals surface area contributed by atoms with E-state index in [2.05, 4.69) is 27.3 Å². The molecule has 2 aromatic carbocycles. The molecule has 1 aliphatic heterocycles. The van der Waals surface area contributed by atoms with E-state index in [4.69, 9.17) is 19.3 Å². The first kappa shape index (κ1) is 22.5. The number of piperidine rings is 1. The second-order valence-corrected chi connectivity index (χ2v) is 9.07. The fourth-order valence-electron chi connectivity index (χ4n) is 5.03. The van der Waals surface area contributed by atoms with E-state index in [1.165, 1.54) is 18.4 Å². The first-order valence-corrected chi connectivity index (χ1v) is 11.9. The number of nitrogens with zero attached hydrogens (tertiary/aromatic N) is 4. The molecule has 3 aromatic rings. The average molecular weight is 467 g/mol. The van der Waals surface area contributed by atoms with Crippen molar-refractivity contribution in [3.8, 4) is 17.2 Å². The zero-order chi connectivity index (χ0) is 23.5. The van der Waals surface area contributed by atoms with Gasteiger partial charge in [-0.3, -0.25) is 4.90 Å². The Labute approximate surface area is 198 Å². The van der Waals surface area contributed by atoms with Crippen LogP contribution < -0.4 is 14.2 Å². The lowest BCUT2D eigenvalue weighted by molar-refractivity contribution is 0.144. The molecule has 1 aliphatic carbocycles. The molecular formula is C25H30N4O5. The average Bonchev–Trinajstić information content (AvgIpc) is 3.49. The minimum Gasteiger partial charge on any atom is -0.493 e. The maximum Gasteiger partial charge on any atom is 0.511 e. The highest BCUT2D eigenvalue weighted by Gasteiger charge is 2.24. The summed E-state index contributed by atoms with van der Waals surface area (Å²) in [6.45, 7) is 2.78. The highest BCUT2D eigenvalue weighted by atomic mass is 16.7. The summed E-state index contributed by atoms with van der Waals surface area (Å²) < 4.78 is 18.5. The van der Waals surface area contributed by atoms with Crippen molar-refractivity contribution in [3.05, 3.63) is 42.0 Å². The van der Waals surface area contributed by atoms with Gasteiger partial charge in [0.2, 0.25) is 0 Å². The van der Waals surface area contributed by atoms with Crippen LogP contribution in [0.5, 0.6) is 17.2 Å². The maximum absolute atomic E-state index is 10.8. The van der Waals surface area contributed by atoms with Crippen LogP contribution >= 0.6 is 0 Å². The van der Waals surface area contributed by atoms with Crippen LogP contribution in [-0.4, -0.2) is 57.5 Å². The molecule has 180 valence electrons. The molecule has 0 unspecified atom stereocenters. The number of carbonyl (C=O) groups is 1. The Hall–Kier alpha value is -3.33. The quantitative estimate of drug-likeness (QED) is 0.397. The third-order valence-corrected chi connectivity index (χ3v) is 6.78. The van der Waals surface area contributed by atoms with Gasteiger partial charge in [-0.1, -0.05) is 11.3 Å². The molecule has 2 aliphatic rings. The third kappa shape index (κ3) is 4.94. The molecule has 5 rings (SSSR count). The smallest absolute Gasteiger partial charge is 0.493 e. The van der Waals surface area contributed by atoms with Gasteiger partial charge < -0.3 is 19.3 Å². The molecule has 2 fully saturated rings. The predicted octanol–water partition coefficient (Wildman–Crippen LogP) is 4.66. The molecule has 1 aromatic heterocycles. The van der Waals surface area contributed by atoms with Crippen LogP contribution in [0, 0.1) is 0 Å². The highest BCUT2D eigenvalue weighted by molar-refractivity contribution is 5.77. The summed E-state index contributed by atoms with van der Waals surface area (Å²) in [5.41, 5.74) is 2.75. The van der Waals surface area contributed by atoms with Crippen LogP contribution in [0.2, 0.25) is 0 Å². The van der Waals surface area contributed by atoms with E-state index >= 15 is 0 Å². The molecule has 9 nitrogen and oxygen atoms in total. The molecule has 34 heavy (non-hydrogen) atoms. The topological polar surface area (TPSA) is 98.9 Å². The van der Waals surface area contributed by atoms with Crippen LogP contribution in [0.3, 0.4) is 0 Å². The van der Waals surface area contributed by atoms with Crippen LogP contribution in [0.4, 0.5) is 4.79 Å². The molecule has 0 atom stereocenters. The molecule has 0 radical (unpaired) electrons. The van der Waals surface area contributed by atoms with Crippen LogP contribution in [-0.2, 0) is 6.54 Å². The van der Waals surface area contributed by atoms with E-state index in [1.807, 2.05) is 16.8 Å². The van der Waals surface area contributed by atoms with Crippen molar-refractivity contribution in [1.82, 2.24) is 19.9 Å². The molecule has 1 saturated heterocycles. The van der Waals surface area contributed by atoms with Gasteiger partial charge in [0.05, 0.1) is 24.8 Å². The van der Waals surface area contributed by atoms with Crippen molar-refractivity contribution in [2.45, 2.75) is 57.2 Å². The first-order chi connectivity index (χ1) is 16.6. The van der Waals surface area contributed by atoms with E-state index in [1.54, 1.807) is 19.2 Å². The van der Waals surface area contributed by atoms with Crippen molar-refractivity contribution in [1.29, 1.82) is 0 Å². The SMILES string of the molecule is COc1ccc(CN2CCC(n3nnc4cc(OC(=O)O)ccc43)CC2)cc1OC1CCCC1. The summed E-state index contributed by atoms with van der Waals surface area (Å²) in [5, 5.41) is 17.4. The summed E-state index contributed by atoms with van der Waals surface area (Å²) in [6.07, 6.45) is 5.59. The molecular weight excluding hydrogens is 436 g/mol. The van der Waals surface area contributed by atoms with Crippen LogP contribution in [0.15, 0.2) is 36.4 Å². The summed E-state index contributed by atoms with van der Waals surface area (Å²) in [4.78, 5) is 13.2. The van der Waals surface area contributed by atoms with Gasteiger partial charge in [-0.25, -0.2) is 9.48 Å². The second kappa shape index (κ2) is 9.89. The lowest BCUT2D eigenvalue weighted by Crippen LogP contribution is -2.34. The number of carboxylic acid groups (broad SMARTS) is 1. The van der Waals surface area contributed by atoms with E-state index in [-0.39, 0.29) is 11.8 Å². The van der Waals surface area contributed by atoms with E-state index in [0.717, 1.165) is 62.3 Å². The summed E-state index contributed by atoms with van der Waals surface area (Å²) in [6, 6.07) is 11.6. The van der Waals surface area contributed by atoms with Gasteiger partial charge in [0, 0.05) is 25.7 Å². The number of ether oxygens (including phenoxy) is 3. The van der Waals surface area contributed by atoms with Crippen molar-refractivity contribution < 1.29 is 24.1 Å². The van der Waals surface area contributed by atoms with Crippen LogP contribution in [0.1, 0.15) is 50.1 Å². The summed E-state index contributed by atoms with van der Waals surface area (Å²) >= 11 is 0. The van der Waals surface area contributed by atoms with Gasteiger partial charge in [-0.15, -0.1) is 5.10 Å². The van der Waals surface area contributed by atoms with Crippen molar-refractivity contribution >= 4 is 17.2 Å². The minimum atomic E-state index is -1.34. The van der Waals surface area contributed by atoms with Gasteiger partial charge in [0.15, 0.2) is 11.5 Å². The number of fused-ring (bicyclic) bond motifs is 1. The monoisotopic (exact) mass is 466 g/mol. The number of hydrogen-bond acceptors (Lipinski definition) is 7. The Morgan fingerprint density at radius 1 is 1.06 bits per heavy atom. The number of benzene rings is 2. The minimum absolute atomic E-state index is 0.248. The number of rotatable bonds is 7. The van der Waals surface area contributed by atoms with Gasteiger partial charge in [0.25, 0.3) is 0 Å². The van der Waals surface area contributed by atoms with Crippen LogP contribution in [0.25, 0.3) is 11.0 Å². The Kier molecular flexibility index (Phi) is 6.53. The zero-order valence-electron chi connectivity index (χ0n) is 19.4. The number of methoxy groups -OCH3 is 1. The molecule has 1 N–H and O–H groups in total. The lowest BCUT2D eigenvalue weighted by Gasteiger charge is -2.32. The van der Waals surface area contributed by atoms with Gasteiger partial charge in [0.1, 0.15) is 11.3 Å². The maximum atomic E-state index is 10.8. The van der Waals surface area contributed by atoms with Crippen molar-refractivity contribution in [2.24, 2.45) is 0 Å². The van der Waals surface area contributed by atoms with E-state index in [0.29, 0.717) is 11.6 Å². The lowest BCUT2D eigenvalue weighted by atomic mass is 10.0. The van der Waals surface area contributed by atoms with Gasteiger partial charge in [-0.05, 0) is 68.4 Å². The predicted molar refractivity (Wildman–Crippen MR) is 126 cm³/mol. The van der Waals surface area contributed by atoms with Gasteiger partial charge in [-0.2, -0.15) is 0 Å². The Morgan fingerprint density at radius 2 is 1.85 bits per heavy atom. The number of aromatic nitrogens is 3. The largest absolute Gasteiger partial charge is 0.511 e. The zero-order valence-corrected chi connectivity index (χ0v) is 19.4. The molecule has 0 spiro atoms. The van der Waals surface area contributed by atoms with E-state index in [9.17, 15) is 4.79 Å². The number of hydrogen-bond donors (Lipinski definition) is 1. The molecule has 0 bridgehead atoms. The second-order valence-electron chi connectivity index (χ2n) is 9.07.